The Kier molecular flexibility index (Phi) is 6.19. The van der Waals surface area contributed by atoms with Gasteiger partial charge in [-0.15, -0.1) is 0 Å². The van der Waals surface area contributed by atoms with Crippen LogP contribution in [0.15, 0.2) is 0 Å². The second kappa shape index (κ2) is 6.99. The van der Waals surface area contributed by atoms with E-state index in [9.17, 15) is 8.42 Å². The first-order valence-corrected chi connectivity index (χ1v) is 8.24. The second-order valence-electron chi connectivity index (χ2n) is 5.54. The minimum atomic E-state index is -3.44. The monoisotopic (exact) mass is 294 g/mol. The van der Waals surface area contributed by atoms with Gasteiger partial charge in [-0.2, -0.15) is 17.4 Å². The van der Waals surface area contributed by atoms with Crippen LogP contribution in [0.2, 0.25) is 0 Å². The molecule has 2 N–H and O–H groups in total. The predicted octanol–water partition coefficient (Wildman–Crippen LogP) is 0.340. The number of nitrogens with one attached hydrogen (secondary N) is 1. The van der Waals surface area contributed by atoms with E-state index in [-0.39, 0.29) is 19.1 Å². The highest BCUT2D eigenvalue weighted by atomic mass is 32.2. The summed E-state index contributed by atoms with van der Waals surface area (Å²) < 4.78 is 33.8. The highest BCUT2D eigenvalue weighted by Crippen LogP contribution is 2.18. The van der Waals surface area contributed by atoms with Crippen LogP contribution < -0.4 is 4.72 Å². The molecule has 1 heterocycles. The smallest absolute Gasteiger partial charge is 0.279 e. The third-order valence-corrected chi connectivity index (χ3v) is 4.94. The van der Waals surface area contributed by atoms with Gasteiger partial charge in [0.1, 0.15) is 0 Å². The lowest BCUT2D eigenvalue weighted by Gasteiger charge is -2.32. The highest BCUT2D eigenvalue weighted by molar-refractivity contribution is 7.87. The Labute approximate surface area is 116 Å². The molecule has 0 amide bonds. The molecule has 7 heteroatoms. The third-order valence-electron chi connectivity index (χ3n) is 3.39. The number of piperidine rings is 1. The molecule has 0 saturated carbocycles. The molecule has 0 aromatic rings. The van der Waals surface area contributed by atoms with Crippen molar-refractivity contribution in [2.45, 2.75) is 39.2 Å². The molecule has 0 aromatic heterocycles. The summed E-state index contributed by atoms with van der Waals surface area (Å²) in [6.45, 7) is 7.48. The summed E-state index contributed by atoms with van der Waals surface area (Å²) in [4.78, 5) is 0. The third kappa shape index (κ3) is 5.35. The second-order valence-corrected chi connectivity index (χ2v) is 7.30. The minimum absolute atomic E-state index is 0.138. The van der Waals surface area contributed by atoms with Crippen LogP contribution in [0, 0.1) is 5.92 Å². The lowest BCUT2D eigenvalue weighted by molar-refractivity contribution is -0.00545. The Morgan fingerprint density at radius 1 is 1.37 bits per heavy atom. The number of hydrogen-bond acceptors (Lipinski definition) is 4. The molecule has 0 radical (unpaired) electrons. The largest absolute Gasteiger partial charge is 0.396 e. The van der Waals surface area contributed by atoms with Crippen molar-refractivity contribution in [1.29, 1.82) is 0 Å². The van der Waals surface area contributed by atoms with Gasteiger partial charge in [-0.25, -0.2) is 0 Å². The fourth-order valence-electron chi connectivity index (χ4n) is 2.13. The van der Waals surface area contributed by atoms with Gasteiger partial charge >= 0.3 is 0 Å². The van der Waals surface area contributed by atoms with Gasteiger partial charge in [-0.3, -0.25) is 0 Å². The summed E-state index contributed by atoms with van der Waals surface area (Å²) in [5.74, 6) is 0.228. The van der Waals surface area contributed by atoms with Crippen molar-refractivity contribution in [3.05, 3.63) is 0 Å². The average molecular weight is 294 g/mol. The van der Waals surface area contributed by atoms with Crippen LogP contribution in [0.3, 0.4) is 0 Å². The van der Waals surface area contributed by atoms with E-state index < -0.39 is 15.8 Å². The molecule has 19 heavy (non-hydrogen) atoms. The molecule has 114 valence electrons. The molecular formula is C12H26N2O4S. The molecule has 0 bridgehead atoms. The Morgan fingerprint density at radius 2 is 1.95 bits per heavy atom. The fourth-order valence-corrected chi connectivity index (χ4v) is 3.53. The standard InChI is InChI=1S/C12H26N2O4S/c1-4-18-12(2,3)10-13-19(16,17)14-7-5-11(9-15)6-8-14/h11,13,15H,4-10H2,1-3H3. The minimum Gasteiger partial charge on any atom is -0.396 e. The van der Waals surface area contributed by atoms with Gasteiger partial charge < -0.3 is 9.84 Å². The van der Waals surface area contributed by atoms with E-state index in [0.717, 1.165) is 0 Å². The SMILES string of the molecule is CCOC(C)(C)CNS(=O)(=O)N1CCC(CO)CC1. The van der Waals surface area contributed by atoms with Crippen LogP contribution in [0.1, 0.15) is 33.6 Å². The summed E-state index contributed by atoms with van der Waals surface area (Å²) in [6, 6.07) is 0. The van der Waals surface area contributed by atoms with Gasteiger partial charge in [0.2, 0.25) is 0 Å². The zero-order valence-corrected chi connectivity index (χ0v) is 12.9. The van der Waals surface area contributed by atoms with Gasteiger partial charge in [0, 0.05) is 32.8 Å². The summed E-state index contributed by atoms with van der Waals surface area (Å²) in [6.07, 6.45) is 1.43. The molecule has 1 saturated heterocycles. The number of aliphatic hydroxyl groups is 1. The predicted molar refractivity (Wildman–Crippen MR) is 74.0 cm³/mol. The van der Waals surface area contributed by atoms with Crippen molar-refractivity contribution < 1.29 is 18.3 Å². The van der Waals surface area contributed by atoms with Crippen LogP contribution in [-0.2, 0) is 14.9 Å². The Balaban J connectivity index is 2.48. The molecule has 0 atom stereocenters. The van der Waals surface area contributed by atoms with E-state index in [1.807, 2.05) is 20.8 Å². The van der Waals surface area contributed by atoms with E-state index in [1.54, 1.807) is 0 Å². The summed E-state index contributed by atoms with van der Waals surface area (Å²) in [5, 5.41) is 9.05. The molecule has 6 nitrogen and oxygen atoms in total. The van der Waals surface area contributed by atoms with Crippen LogP contribution in [0.5, 0.6) is 0 Å². The summed E-state index contributed by atoms with van der Waals surface area (Å²) in [5.41, 5.74) is -0.509. The van der Waals surface area contributed by atoms with Gasteiger partial charge in [0.15, 0.2) is 0 Å². The zero-order chi connectivity index (χ0) is 14.5. The van der Waals surface area contributed by atoms with Gasteiger partial charge in [0.25, 0.3) is 10.2 Å². The van der Waals surface area contributed by atoms with Crippen molar-refractivity contribution in [3.63, 3.8) is 0 Å². The van der Waals surface area contributed by atoms with Crippen molar-refractivity contribution in [3.8, 4) is 0 Å². The van der Waals surface area contributed by atoms with Crippen LogP contribution in [0.4, 0.5) is 0 Å². The molecule has 1 fully saturated rings. The zero-order valence-electron chi connectivity index (χ0n) is 12.1. The molecular weight excluding hydrogens is 268 g/mol. The van der Waals surface area contributed by atoms with E-state index in [0.29, 0.717) is 32.5 Å². The summed E-state index contributed by atoms with van der Waals surface area (Å²) in [7, 11) is -3.44. The average Bonchev–Trinajstić information content (AvgIpc) is 2.37. The molecule has 0 unspecified atom stereocenters. The lowest BCUT2D eigenvalue weighted by atomic mass is 10.00. The first kappa shape index (κ1) is 16.8. The van der Waals surface area contributed by atoms with Gasteiger partial charge in [0.05, 0.1) is 5.60 Å². The van der Waals surface area contributed by atoms with Crippen LogP contribution in [0.25, 0.3) is 0 Å². The molecule has 1 aliphatic rings. The van der Waals surface area contributed by atoms with Crippen molar-refractivity contribution >= 4 is 10.2 Å². The number of ether oxygens (including phenoxy) is 1. The fraction of sp³-hybridized carbons (Fsp3) is 1.00. The molecule has 1 aliphatic heterocycles. The van der Waals surface area contributed by atoms with Crippen LogP contribution in [-0.4, -0.2) is 56.3 Å². The van der Waals surface area contributed by atoms with Gasteiger partial charge in [-0.1, -0.05) is 0 Å². The Hall–Kier alpha value is -0.210. The number of nitrogens with zero attached hydrogens (tertiary/aromatic N) is 1. The summed E-state index contributed by atoms with van der Waals surface area (Å²) >= 11 is 0. The Morgan fingerprint density at radius 3 is 2.42 bits per heavy atom. The normalized spacial score (nSPS) is 19.8. The number of aliphatic hydroxyl groups excluding tert-OH is 1. The highest BCUT2D eigenvalue weighted by Gasteiger charge is 2.29. The first-order valence-electron chi connectivity index (χ1n) is 6.80. The first-order chi connectivity index (χ1) is 8.80. The molecule has 0 spiro atoms. The maximum absolute atomic E-state index is 12.1. The van der Waals surface area contributed by atoms with Crippen LogP contribution >= 0.6 is 0 Å². The van der Waals surface area contributed by atoms with E-state index in [1.165, 1.54) is 4.31 Å². The lowest BCUT2D eigenvalue weighted by Crippen LogP contribution is -2.49. The molecule has 0 aromatic carbocycles. The molecule has 0 aliphatic carbocycles. The number of hydrogen-bond donors (Lipinski definition) is 2. The van der Waals surface area contributed by atoms with E-state index >= 15 is 0 Å². The van der Waals surface area contributed by atoms with E-state index in [4.69, 9.17) is 9.84 Å². The van der Waals surface area contributed by atoms with Crippen molar-refractivity contribution in [1.82, 2.24) is 9.03 Å². The maximum atomic E-state index is 12.1. The van der Waals surface area contributed by atoms with Gasteiger partial charge in [-0.05, 0) is 39.5 Å². The maximum Gasteiger partial charge on any atom is 0.279 e. The number of rotatable bonds is 7. The van der Waals surface area contributed by atoms with E-state index in [2.05, 4.69) is 4.72 Å². The van der Waals surface area contributed by atoms with Crippen molar-refractivity contribution in [2.24, 2.45) is 5.92 Å². The quantitative estimate of drug-likeness (QED) is 0.710. The Bertz CT molecular complexity index is 362. The van der Waals surface area contributed by atoms with Crippen molar-refractivity contribution in [2.75, 3.05) is 32.8 Å². The topological polar surface area (TPSA) is 78.9 Å². The molecule has 1 rings (SSSR count).